The van der Waals surface area contributed by atoms with Crippen LogP contribution in [-0.4, -0.2) is 50.1 Å². The Morgan fingerprint density at radius 1 is 1.56 bits per heavy atom. The monoisotopic (exact) mass is 390 g/mol. The summed E-state index contributed by atoms with van der Waals surface area (Å²) in [7, 11) is -3.01. The number of rotatable bonds is 5. The molecule has 1 unspecified atom stereocenters. The molecule has 0 aliphatic carbocycles. The predicted molar refractivity (Wildman–Crippen MR) is 84.8 cm³/mol. The third-order valence-corrected chi connectivity index (χ3v) is 4.80. The summed E-state index contributed by atoms with van der Waals surface area (Å²) in [4.78, 5) is 4.12. The Labute approximate surface area is 126 Å². The van der Waals surface area contributed by atoms with Crippen molar-refractivity contribution in [3.05, 3.63) is 0 Å². The Hall–Kier alpha value is -0.0900. The summed E-state index contributed by atoms with van der Waals surface area (Å²) in [6.07, 6.45) is 1.68. The minimum Gasteiger partial charge on any atom is -0.370 e. The summed E-state index contributed by atoms with van der Waals surface area (Å²) in [5.74, 6) is 0.646. The molecule has 1 heterocycles. The Morgan fingerprint density at radius 2 is 2.22 bits per heavy atom. The van der Waals surface area contributed by atoms with Crippen LogP contribution in [-0.2, 0) is 10.0 Å². The number of hydrogen-bond donors (Lipinski definition) is 2. The van der Waals surface area contributed by atoms with E-state index in [1.54, 1.807) is 0 Å². The molecule has 0 saturated carbocycles. The van der Waals surface area contributed by atoms with E-state index in [2.05, 4.69) is 17.2 Å². The van der Waals surface area contributed by atoms with Gasteiger partial charge in [0.1, 0.15) is 0 Å². The van der Waals surface area contributed by atoms with Gasteiger partial charge >= 0.3 is 0 Å². The van der Waals surface area contributed by atoms with Crippen molar-refractivity contribution >= 4 is 40.0 Å². The number of sulfonamides is 1. The second kappa shape index (κ2) is 8.16. The van der Waals surface area contributed by atoms with Crippen LogP contribution in [0.3, 0.4) is 0 Å². The van der Waals surface area contributed by atoms with Crippen LogP contribution in [0.4, 0.5) is 0 Å². The molecule has 0 radical (unpaired) electrons. The second-order valence-corrected chi connectivity index (χ2v) is 6.38. The first kappa shape index (κ1) is 17.9. The first-order valence-electron chi connectivity index (χ1n) is 6.00. The Balaban J connectivity index is 0.00000289. The molecule has 0 bridgehead atoms. The number of nitrogens with zero attached hydrogens (tertiary/aromatic N) is 2. The molecule has 3 N–H and O–H groups in total. The molecule has 0 aromatic rings. The molecule has 1 fully saturated rings. The third-order valence-electron chi connectivity index (χ3n) is 2.84. The Kier molecular flexibility index (Phi) is 8.11. The van der Waals surface area contributed by atoms with E-state index >= 15 is 0 Å². The van der Waals surface area contributed by atoms with Gasteiger partial charge in [0.2, 0.25) is 10.0 Å². The lowest BCUT2D eigenvalue weighted by molar-refractivity contribution is 0.452. The van der Waals surface area contributed by atoms with E-state index < -0.39 is 10.0 Å². The van der Waals surface area contributed by atoms with Crippen LogP contribution in [0.1, 0.15) is 26.7 Å². The van der Waals surface area contributed by atoms with E-state index in [-0.39, 0.29) is 35.8 Å². The van der Waals surface area contributed by atoms with Crippen LogP contribution in [0.2, 0.25) is 0 Å². The normalized spacial score (nSPS) is 21.3. The molecular formula is C10H23IN4O2S. The fourth-order valence-electron chi connectivity index (χ4n) is 1.62. The average Bonchev–Trinajstić information content (AvgIpc) is 2.58. The van der Waals surface area contributed by atoms with Gasteiger partial charge in [-0.25, -0.2) is 12.7 Å². The number of guanidine groups is 1. The first-order chi connectivity index (χ1) is 7.95. The molecule has 18 heavy (non-hydrogen) atoms. The number of aliphatic imine (C=N–C) groups is 1. The van der Waals surface area contributed by atoms with Crippen LogP contribution < -0.4 is 11.1 Å². The van der Waals surface area contributed by atoms with Gasteiger partial charge in [-0.2, -0.15) is 0 Å². The fourth-order valence-corrected chi connectivity index (χ4v) is 3.14. The van der Waals surface area contributed by atoms with Gasteiger partial charge in [-0.05, 0) is 19.8 Å². The molecule has 0 aromatic heterocycles. The van der Waals surface area contributed by atoms with E-state index in [0.29, 0.717) is 32.0 Å². The first-order valence-corrected chi connectivity index (χ1v) is 7.61. The van der Waals surface area contributed by atoms with E-state index in [1.807, 2.05) is 6.92 Å². The van der Waals surface area contributed by atoms with Crippen LogP contribution >= 0.6 is 24.0 Å². The molecule has 8 heteroatoms. The Bertz CT molecular complexity index is 372. The topological polar surface area (TPSA) is 87.8 Å². The maximum absolute atomic E-state index is 11.5. The van der Waals surface area contributed by atoms with Gasteiger partial charge in [-0.1, -0.05) is 6.92 Å². The average molecular weight is 390 g/mol. The smallest absolute Gasteiger partial charge is 0.214 e. The zero-order valence-corrected chi connectivity index (χ0v) is 14.1. The van der Waals surface area contributed by atoms with Crippen LogP contribution in [0.15, 0.2) is 4.99 Å². The summed E-state index contributed by atoms with van der Waals surface area (Å²) in [6, 6.07) is 0.286. The molecule has 0 spiro atoms. The largest absolute Gasteiger partial charge is 0.370 e. The van der Waals surface area contributed by atoms with Crippen LogP contribution in [0.25, 0.3) is 0 Å². The van der Waals surface area contributed by atoms with Crippen molar-refractivity contribution in [3.63, 3.8) is 0 Å². The zero-order valence-electron chi connectivity index (χ0n) is 10.9. The van der Waals surface area contributed by atoms with Gasteiger partial charge in [-0.15, -0.1) is 24.0 Å². The lowest BCUT2D eigenvalue weighted by Crippen LogP contribution is -2.38. The van der Waals surface area contributed by atoms with E-state index in [1.165, 1.54) is 4.31 Å². The highest BCUT2D eigenvalue weighted by molar-refractivity contribution is 14.0. The summed E-state index contributed by atoms with van der Waals surface area (Å²) in [6.45, 7) is 5.52. The van der Waals surface area contributed by atoms with Crippen molar-refractivity contribution in [1.29, 1.82) is 0 Å². The quantitative estimate of drug-likeness (QED) is 0.403. The van der Waals surface area contributed by atoms with Crippen LogP contribution in [0, 0.1) is 0 Å². The molecular weight excluding hydrogens is 367 g/mol. The Morgan fingerprint density at radius 3 is 2.72 bits per heavy atom. The highest BCUT2D eigenvalue weighted by atomic mass is 127. The van der Waals surface area contributed by atoms with Gasteiger partial charge in [0.25, 0.3) is 0 Å². The van der Waals surface area contributed by atoms with Gasteiger partial charge < -0.3 is 11.1 Å². The minimum absolute atomic E-state index is 0. The molecule has 6 nitrogen and oxygen atoms in total. The molecule has 1 saturated heterocycles. The number of halogens is 1. The molecule has 0 aromatic carbocycles. The highest BCUT2D eigenvalue weighted by Gasteiger charge is 2.27. The number of nitrogens with one attached hydrogen (secondary N) is 1. The summed E-state index contributed by atoms with van der Waals surface area (Å²) < 4.78 is 24.5. The zero-order chi connectivity index (χ0) is 12.9. The lowest BCUT2D eigenvalue weighted by Gasteiger charge is -2.14. The summed E-state index contributed by atoms with van der Waals surface area (Å²) >= 11 is 0. The summed E-state index contributed by atoms with van der Waals surface area (Å²) in [5.41, 5.74) is 5.67. The molecule has 1 atom stereocenters. The second-order valence-electron chi connectivity index (χ2n) is 4.29. The van der Waals surface area contributed by atoms with Crippen molar-refractivity contribution in [2.75, 3.05) is 25.4 Å². The number of nitrogens with two attached hydrogens (primary N) is 1. The van der Waals surface area contributed by atoms with Gasteiger partial charge in [0, 0.05) is 19.1 Å². The summed E-state index contributed by atoms with van der Waals surface area (Å²) in [5, 5.41) is 3.04. The molecule has 1 aliphatic heterocycles. The minimum atomic E-state index is -3.01. The van der Waals surface area contributed by atoms with Crippen molar-refractivity contribution in [1.82, 2.24) is 9.62 Å². The van der Waals surface area contributed by atoms with Crippen molar-refractivity contribution in [3.8, 4) is 0 Å². The standard InChI is InChI=1S/C10H22N4O2S.HI/c1-3-9(2)13-10(11)12-5-7-14-6-4-8-17(14,15)16;/h9H,3-8H2,1-2H3,(H3,11,12,13);1H. The molecule has 1 aliphatic rings. The maximum atomic E-state index is 11.5. The molecule has 1 rings (SSSR count). The predicted octanol–water partition coefficient (Wildman–Crippen LogP) is 0.343. The SMILES string of the molecule is CCC(C)NC(N)=NCCN1CCCS1(=O)=O.I. The molecule has 108 valence electrons. The fraction of sp³-hybridized carbons (Fsp3) is 0.900. The van der Waals surface area contributed by atoms with Crippen molar-refractivity contribution in [2.24, 2.45) is 10.7 Å². The van der Waals surface area contributed by atoms with E-state index in [9.17, 15) is 8.42 Å². The van der Waals surface area contributed by atoms with Gasteiger partial charge in [-0.3, -0.25) is 4.99 Å². The van der Waals surface area contributed by atoms with E-state index in [4.69, 9.17) is 5.73 Å². The molecule has 0 amide bonds. The third kappa shape index (κ3) is 5.70. The lowest BCUT2D eigenvalue weighted by atomic mass is 10.3. The maximum Gasteiger partial charge on any atom is 0.214 e. The van der Waals surface area contributed by atoms with Gasteiger partial charge in [0.05, 0.1) is 12.3 Å². The van der Waals surface area contributed by atoms with Crippen molar-refractivity contribution < 1.29 is 8.42 Å². The van der Waals surface area contributed by atoms with Gasteiger partial charge in [0.15, 0.2) is 5.96 Å². The highest BCUT2D eigenvalue weighted by Crippen LogP contribution is 2.11. The number of hydrogen-bond acceptors (Lipinski definition) is 3. The van der Waals surface area contributed by atoms with E-state index in [0.717, 1.165) is 6.42 Å². The van der Waals surface area contributed by atoms with Crippen LogP contribution in [0.5, 0.6) is 0 Å². The van der Waals surface area contributed by atoms with Crippen molar-refractivity contribution in [2.45, 2.75) is 32.7 Å².